The van der Waals surface area contributed by atoms with Crippen molar-refractivity contribution < 1.29 is 9.90 Å². The Balaban J connectivity index is 3.14. The third-order valence-corrected chi connectivity index (χ3v) is 2.27. The first-order valence-electron chi connectivity index (χ1n) is 4.25. The summed E-state index contributed by atoms with van der Waals surface area (Å²) in [6.45, 7) is 3.42. The second kappa shape index (κ2) is 3.25. The van der Waals surface area contributed by atoms with Crippen molar-refractivity contribution in [2.75, 3.05) is 0 Å². The number of carboxylic acids is 1. The fourth-order valence-electron chi connectivity index (χ4n) is 1.16. The SMILES string of the molecule is Bc1cccc(C(C)(C)C(=O)O)c1. The third-order valence-electron chi connectivity index (χ3n) is 2.27. The van der Waals surface area contributed by atoms with Gasteiger partial charge in [-0.3, -0.25) is 4.79 Å². The van der Waals surface area contributed by atoms with E-state index in [4.69, 9.17) is 5.11 Å². The maximum absolute atomic E-state index is 10.9. The molecule has 0 spiro atoms. The molecular formula is C10H13BO2. The second-order valence-electron chi connectivity index (χ2n) is 3.80. The molecule has 0 aliphatic heterocycles. The average Bonchev–Trinajstić information content (AvgIpc) is 2.04. The summed E-state index contributed by atoms with van der Waals surface area (Å²) in [6, 6.07) is 7.60. The van der Waals surface area contributed by atoms with Gasteiger partial charge in [0, 0.05) is 0 Å². The lowest BCUT2D eigenvalue weighted by Gasteiger charge is -2.19. The summed E-state index contributed by atoms with van der Waals surface area (Å²) < 4.78 is 0. The summed E-state index contributed by atoms with van der Waals surface area (Å²) >= 11 is 0. The van der Waals surface area contributed by atoms with Crippen molar-refractivity contribution in [3.8, 4) is 0 Å². The Morgan fingerprint density at radius 1 is 1.46 bits per heavy atom. The molecular weight excluding hydrogens is 163 g/mol. The molecule has 0 heterocycles. The van der Waals surface area contributed by atoms with E-state index in [0.717, 1.165) is 11.0 Å². The number of carbonyl (C=O) groups is 1. The van der Waals surface area contributed by atoms with Crippen LogP contribution < -0.4 is 5.46 Å². The molecule has 0 aromatic heterocycles. The molecule has 0 aliphatic carbocycles. The van der Waals surface area contributed by atoms with Crippen molar-refractivity contribution in [3.05, 3.63) is 29.8 Å². The number of benzene rings is 1. The molecule has 1 rings (SSSR count). The molecule has 1 aromatic rings. The van der Waals surface area contributed by atoms with Gasteiger partial charge in [0.25, 0.3) is 0 Å². The molecule has 1 N–H and O–H groups in total. The number of rotatable bonds is 2. The molecule has 0 bridgehead atoms. The quantitative estimate of drug-likeness (QED) is 0.658. The van der Waals surface area contributed by atoms with E-state index in [9.17, 15) is 4.79 Å². The minimum Gasteiger partial charge on any atom is -0.481 e. The van der Waals surface area contributed by atoms with Crippen LogP contribution >= 0.6 is 0 Å². The van der Waals surface area contributed by atoms with Crippen LogP contribution in [0.25, 0.3) is 0 Å². The fourth-order valence-corrected chi connectivity index (χ4v) is 1.16. The van der Waals surface area contributed by atoms with Gasteiger partial charge in [0.1, 0.15) is 7.85 Å². The van der Waals surface area contributed by atoms with E-state index in [-0.39, 0.29) is 0 Å². The zero-order valence-corrected chi connectivity index (χ0v) is 8.16. The first kappa shape index (κ1) is 9.84. The molecule has 0 saturated carbocycles. The minimum atomic E-state index is -0.800. The summed E-state index contributed by atoms with van der Waals surface area (Å²) in [7, 11) is 1.96. The molecule has 0 amide bonds. The number of hydrogen-bond donors (Lipinski definition) is 1. The Morgan fingerprint density at radius 2 is 2.08 bits per heavy atom. The standard InChI is InChI=1S/C10H13BO2/c1-10(2,9(12)13)7-4-3-5-8(11)6-7/h3-6H,11H2,1-2H3,(H,12,13). The van der Waals surface area contributed by atoms with Gasteiger partial charge < -0.3 is 5.11 Å². The van der Waals surface area contributed by atoms with Gasteiger partial charge in [-0.15, -0.1) is 0 Å². The molecule has 0 radical (unpaired) electrons. The highest BCUT2D eigenvalue weighted by molar-refractivity contribution is 6.32. The van der Waals surface area contributed by atoms with Crippen molar-refractivity contribution in [2.24, 2.45) is 0 Å². The van der Waals surface area contributed by atoms with Crippen molar-refractivity contribution in [2.45, 2.75) is 19.3 Å². The summed E-state index contributed by atoms with van der Waals surface area (Å²) in [6.07, 6.45) is 0. The van der Waals surface area contributed by atoms with Crippen LogP contribution in [-0.4, -0.2) is 18.9 Å². The lowest BCUT2D eigenvalue weighted by molar-refractivity contribution is -0.142. The molecule has 0 aliphatic rings. The molecule has 0 fully saturated rings. The Labute approximate surface area is 79.0 Å². The summed E-state index contributed by atoms with van der Waals surface area (Å²) in [4.78, 5) is 10.9. The lowest BCUT2D eigenvalue weighted by Crippen LogP contribution is -2.29. The zero-order valence-electron chi connectivity index (χ0n) is 8.16. The van der Waals surface area contributed by atoms with Gasteiger partial charge in [0.05, 0.1) is 5.41 Å². The van der Waals surface area contributed by atoms with Crippen LogP contribution in [0.15, 0.2) is 24.3 Å². The Morgan fingerprint density at radius 3 is 2.54 bits per heavy atom. The van der Waals surface area contributed by atoms with E-state index in [1.165, 1.54) is 0 Å². The smallest absolute Gasteiger partial charge is 0.313 e. The van der Waals surface area contributed by atoms with Crippen molar-refractivity contribution in [1.29, 1.82) is 0 Å². The number of hydrogen-bond acceptors (Lipinski definition) is 1. The van der Waals surface area contributed by atoms with Gasteiger partial charge in [-0.2, -0.15) is 0 Å². The highest BCUT2D eigenvalue weighted by atomic mass is 16.4. The van der Waals surface area contributed by atoms with Crippen LogP contribution in [0.3, 0.4) is 0 Å². The van der Waals surface area contributed by atoms with E-state index in [1.807, 2.05) is 32.1 Å². The van der Waals surface area contributed by atoms with Crippen LogP contribution in [-0.2, 0) is 10.2 Å². The zero-order chi connectivity index (χ0) is 10.1. The number of aliphatic carboxylic acids is 1. The van der Waals surface area contributed by atoms with Crippen molar-refractivity contribution in [1.82, 2.24) is 0 Å². The maximum atomic E-state index is 10.9. The summed E-state index contributed by atoms with van der Waals surface area (Å²) in [5, 5.41) is 8.99. The van der Waals surface area contributed by atoms with Gasteiger partial charge in [-0.25, -0.2) is 0 Å². The second-order valence-corrected chi connectivity index (χ2v) is 3.80. The van der Waals surface area contributed by atoms with Crippen molar-refractivity contribution in [3.63, 3.8) is 0 Å². The largest absolute Gasteiger partial charge is 0.481 e. The molecule has 0 unspecified atom stereocenters. The average molecular weight is 176 g/mol. The molecule has 13 heavy (non-hydrogen) atoms. The Kier molecular flexibility index (Phi) is 2.46. The molecule has 0 atom stereocenters. The molecule has 68 valence electrons. The molecule has 0 saturated heterocycles. The topological polar surface area (TPSA) is 37.3 Å². The monoisotopic (exact) mass is 176 g/mol. The van der Waals surface area contributed by atoms with Crippen molar-refractivity contribution >= 4 is 19.3 Å². The predicted molar refractivity (Wildman–Crippen MR) is 55.3 cm³/mol. The van der Waals surface area contributed by atoms with Gasteiger partial charge >= 0.3 is 5.97 Å². The van der Waals surface area contributed by atoms with Crippen LogP contribution in [0.5, 0.6) is 0 Å². The van der Waals surface area contributed by atoms with E-state index in [0.29, 0.717) is 0 Å². The van der Waals surface area contributed by atoms with E-state index in [1.54, 1.807) is 13.8 Å². The lowest BCUT2D eigenvalue weighted by atomic mass is 9.81. The highest BCUT2D eigenvalue weighted by Crippen LogP contribution is 2.21. The fraction of sp³-hybridized carbons (Fsp3) is 0.300. The van der Waals surface area contributed by atoms with Crippen LogP contribution in [0, 0.1) is 0 Å². The van der Waals surface area contributed by atoms with Crippen LogP contribution in [0.1, 0.15) is 19.4 Å². The van der Waals surface area contributed by atoms with Crippen LogP contribution in [0.4, 0.5) is 0 Å². The normalized spacial score (nSPS) is 11.2. The van der Waals surface area contributed by atoms with Gasteiger partial charge in [0.2, 0.25) is 0 Å². The van der Waals surface area contributed by atoms with Gasteiger partial charge in [0.15, 0.2) is 0 Å². The van der Waals surface area contributed by atoms with E-state index < -0.39 is 11.4 Å². The third kappa shape index (κ3) is 1.91. The maximum Gasteiger partial charge on any atom is 0.313 e. The summed E-state index contributed by atoms with van der Waals surface area (Å²) in [5.74, 6) is -0.793. The summed E-state index contributed by atoms with van der Waals surface area (Å²) in [5.41, 5.74) is 1.14. The first-order chi connectivity index (χ1) is 5.94. The minimum absolute atomic E-state index is 0.793. The van der Waals surface area contributed by atoms with Crippen LogP contribution in [0.2, 0.25) is 0 Å². The highest BCUT2D eigenvalue weighted by Gasteiger charge is 2.28. The first-order valence-corrected chi connectivity index (χ1v) is 4.25. The molecule has 2 nitrogen and oxygen atoms in total. The van der Waals surface area contributed by atoms with Gasteiger partial charge in [-0.1, -0.05) is 29.7 Å². The van der Waals surface area contributed by atoms with E-state index >= 15 is 0 Å². The molecule has 1 aromatic carbocycles. The van der Waals surface area contributed by atoms with E-state index in [2.05, 4.69) is 0 Å². The molecule has 3 heteroatoms. The van der Waals surface area contributed by atoms with Gasteiger partial charge in [-0.05, 0) is 19.4 Å². The predicted octanol–water partition coefficient (Wildman–Crippen LogP) is 0.307. The Bertz CT molecular complexity index is 331. The number of carboxylic acid groups (broad SMARTS) is 1. The Hall–Kier alpha value is -1.25.